The zero-order valence-electron chi connectivity index (χ0n) is 38.8. The molecule has 356 valence electrons. The summed E-state index contributed by atoms with van der Waals surface area (Å²) in [6.07, 6.45) is 2.46. The standard InChI is InChI=1S/C48H74O15/c1-11-24(2)42-27(5)17-18-47(63-42)44(51)36-20-32(62-47)16-15-26(4)41(25(3)13-12-14-31-23-56-45-39(49)28(6)19-33(46(52)59-36)48(31,45)53)60-38-22-35(55-10)43(30(8)58-38)61-37-21-34(54-9)40(50)29(7)57-37/h12-15,19,24-25,27,29-30,32-45,49-51,53H,11,16-18,20-23H2,1-10H3/b13-12+,26-15+,31-14+/t24?,25-,27-,29?,30?,32?,33-,34?,35?,36-,37?,38?,39+,40?,41-,42+,43?,44?,45+,47+,48+/m0/s1. The molecule has 1 spiro atoms. The monoisotopic (exact) mass is 891 g/mol. The van der Waals surface area contributed by atoms with E-state index in [4.69, 9.17) is 47.4 Å². The Morgan fingerprint density at radius 2 is 1.62 bits per heavy atom. The summed E-state index contributed by atoms with van der Waals surface area (Å²) in [4.78, 5) is 14.4. The fourth-order valence-electron chi connectivity index (χ4n) is 10.9. The van der Waals surface area contributed by atoms with Crippen molar-refractivity contribution in [1.29, 1.82) is 0 Å². The minimum absolute atomic E-state index is 0.0121. The number of aliphatic hydroxyl groups excluding tert-OH is 3. The van der Waals surface area contributed by atoms with Crippen molar-refractivity contribution in [2.75, 3.05) is 20.8 Å². The van der Waals surface area contributed by atoms with Gasteiger partial charge in [-0.1, -0.05) is 64.5 Å². The van der Waals surface area contributed by atoms with Crippen LogP contribution in [0.2, 0.25) is 0 Å². The summed E-state index contributed by atoms with van der Waals surface area (Å²) in [6.45, 7) is 15.9. The van der Waals surface area contributed by atoms with Crippen LogP contribution in [0.5, 0.6) is 0 Å². The second-order valence-electron chi connectivity index (χ2n) is 19.4. The Balaban J connectivity index is 1.19. The van der Waals surface area contributed by atoms with Crippen LogP contribution >= 0.6 is 0 Å². The van der Waals surface area contributed by atoms with E-state index in [-0.39, 0.29) is 36.9 Å². The first-order valence-electron chi connectivity index (χ1n) is 23.3. The van der Waals surface area contributed by atoms with Gasteiger partial charge in [-0.3, -0.25) is 4.79 Å². The molecule has 15 nitrogen and oxygen atoms in total. The molecule has 0 aromatic rings. The molecule has 2 bridgehead atoms. The molecule has 4 N–H and O–H groups in total. The molecule has 7 aliphatic rings. The zero-order valence-corrected chi connectivity index (χ0v) is 38.8. The maximum atomic E-state index is 14.4. The maximum absolute atomic E-state index is 14.4. The van der Waals surface area contributed by atoms with Crippen LogP contribution in [0, 0.1) is 23.7 Å². The van der Waals surface area contributed by atoms with Gasteiger partial charge in [-0.15, -0.1) is 0 Å². The Labute approximate surface area is 373 Å². The summed E-state index contributed by atoms with van der Waals surface area (Å²) in [7, 11) is 3.20. The van der Waals surface area contributed by atoms with Crippen molar-refractivity contribution in [2.24, 2.45) is 23.7 Å². The van der Waals surface area contributed by atoms with Crippen LogP contribution in [0.4, 0.5) is 0 Å². The molecule has 0 radical (unpaired) electrons. The molecule has 0 aromatic heterocycles. The Morgan fingerprint density at radius 1 is 0.921 bits per heavy atom. The fraction of sp³-hybridized carbons (Fsp3) is 0.812. The van der Waals surface area contributed by atoms with Gasteiger partial charge in [0.2, 0.25) is 0 Å². The number of fused-ring (bicyclic) bond motifs is 2. The summed E-state index contributed by atoms with van der Waals surface area (Å²) in [5.41, 5.74) is -0.0972. The first-order chi connectivity index (χ1) is 29.9. The molecule has 21 atom stereocenters. The van der Waals surface area contributed by atoms with Gasteiger partial charge in [0.05, 0.1) is 49.3 Å². The Bertz CT molecular complexity index is 1710. The third kappa shape index (κ3) is 9.70. The molecule has 15 heteroatoms. The molecule has 1 aliphatic carbocycles. The number of esters is 1. The van der Waals surface area contributed by atoms with Crippen molar-refractivity contribution in [3.8, 4) is 0 Å². The number of rotatable bonds is 8. The highest BCUT2D eigenvalue weighted by atomic mass is 16.7. The number of aliphatic hydroxyl groups is 4. The first-order valence-corrected chi connectivity index (χ1v) is 23.3. The van der Waals surface area contributed by atoms with Crippen LogP contribution < -0.4 is 0 Å². The van der Waals surface area contributed by atoms with E-state index in [0.717, 1.165) is 18.4 Å². The summed E-state index contributed by atoms with van der Waals surface area (Å²) in [5, 5.41) is 46.4. The van der Waals surface area contributed by atoms with E-state index in [0.29, 0.717) is 36.8 Å². The quantitative estimate of drug-likeness (QED) is 0.196. The molecule has 6 heterocycles. The molecular weight excluding hydrogens is 817 g/mol. The summed E-state index contributed by atoms with van der Waals surface area (Å²) in [5.74, 6) is -3.16. The molecule has 0 saturated carbocycles. The highest BCUT2D eigenvalue weighted by molar-refractivity contribution is 5.78. The fourth-order valence-corrected chi connectivity index (χ4v) is 10.9. The van der Waals surface area contributed by atoms with Crippen molar-refractivity contribution >= 4 is 5.97 Å². The summed E-state index contributed by atoms with van der Waals surface area (Å²) >= 11 is 0. The topological polar surface area (TPSA) is 190 Å². The number of hydrogen-bond donors (Lipinski definition) is 4. The van der Waals surface area contributed by atoms with E-state index in [1.165, 1.54) is 0 Å². The second kappa shape index (κ2) is 20.0. The number of allylic oxidation sites excluding steroid dienone is 2. The van der Waals surface area contributed by atoms with E-state index in [1.54, 1.807) is 40.2 Å². The number of ether oxygens (including phenoxy) is 10. The van der Waals surface area contributed by atoms with Crippen LogP contribution in [0.15, 0.2) is 47.1 Å². The van der Waals surface area contributed by atoms with Gasteiger partial charge in [0.25, 0.3) is 0 Å². The van der Waals surface area contributed by atoms with Crippen LogP contribution in [-0.2, 0) is 52.2 Å². The van der Waals surface area contributed by atoms with Crippen LogP contribution in [0.1, 0.15) is 100 Å². The molecule has 63 heavy (non-hydrogen) atoms. The van der Waals surface area contributed by atoms with Crippen molar-refractivity contribution in [2.45, 2.75) is 204 Å². The lowest BCUT2D eigenvalue weighted by Gasteiger charge is -2.53. The lowest BCUT2D eigenvalue weighted by atomic mass is 9.71. The molecule has 0 amide bonds. The minimum atomic E-state index is -1.91. The van der Waals surface area contributed by atoms with Crippen LogP contribution in [0.25, 0.3) is 0 Å². The highest BCUT2D eigenvalue weighted by Crippen LogP contribution is 2.48. The van der Waals surface area contributed by atoms with Gasteiger partial charge >= 0.3 is 5.97 Å². The van der Waals surface area contributed by atoms with E-state index in [1.807, 2.05) is 32.9 Å². The van der Waals surface area contributed by atoms with E-state index in [2.05, 4.69) is 26.8 Å². The molecule has 0 aromatic carbocycles. The number of carbonyl (C=O) groups is 1. The summed E-state index contributed by atoms with van der Waals surface area (Å²) < 4.78 is 63.4. The van der Waals surface area contributed by atoms with Crippen molar-refractivity contribution in [1.82, 2.24) is 0 Å². The van der Waals surface area contributed by atoms with Crippen molar-refractivity contribution in [3.05, 3.63) is 47.1 Å². The Hall–Kier alpha value is -2.09. The van der Waals surface area contributed by atoms with Gasteiger partial charge < -0.3 is 67.8 Å². The average Bonchev–Trinajstić information content (AvgIpc) is 3.60. The molecule has 5 saturated heterocycles. The SMILES string of the molecule is CCC(C)[C@H]1O[C@@]2(CC[C@@H]1C)OC1C/C=C(\C)[C@@H](OC3CC(OC)C(OC4CC(OC)C(O)C(C)O4)C(C)O3)[C@@H](C)/C=C/C=C3\CO[C@@H]4[C@H](O)C(C)=C[C@@H](C(=O)O[C@@H](C1)C2O)[C@]34O. The average molecular weight is 891 g/mol. The molecule has 7 rings (SSSR count). The van der Waals surface area contributed by atoms with Crippen LogP contribution in [0.3, 0.4) is 0 Å². The normalized spacial score (nSPS) is 50.0. The first kappa shape index (κ1) is 48.8. The number of hydrogen-bond acceptors (Lipinski definition) is 15. The van der Waals surface area contributed by atoms with Crippen molar-refractivity contribution < 1.29 is 72.6 Å². The van der Waals surface area contributed by atoms with Gasteiger partial charge in [0.15, 0.2) is 18.4 Å². The smallest absolute Gasteiger partial charge is 0.316 e. The van der Waals surface area contributed by atoms with Gasteiger partial charge in [-0.25, -0.2) is 0 Å². The molecule has 6 aliphatic heterocycles. The minimum Gasteiger partial charge on any atom is -0.459 e. The third-order valence-corrected chi connectivity index (χ3v) is 15.1. The largest absolute Gasteiger partial charge is 0.459 e. The van der Waals surface area contributed by atoms with Crippen LogP contribution in [-0.4, -0.2) is 151 Å². The highest BCUT2D eigenvalue weighted by Gasteiger charge is 2.61. The summed E-state index contributed by atoms with van der Waals surface area (Å²) in [6, 6.07) is 0. The maximum Gasteiger partial charge on any atom is 0.316 e. The Kier molecular flexibility index (Phi) is 15.5. The van der Waals surface area contributed by atoms with E-state index < -0.39 is 109 Å². The van der Waals surface area contributed by atoms with E-state index >= 15 is 0 Å². The molecular formula is C48H74O15. The lowest BCUT2D eigenvalue weighted by Crippen LogP contribution is -2.64. The Morgan fingerprint density at radius 3 is 2.33 bits per heavy atom. The zero-order chi connectivity index (χ0) is 45.5. The van der Waals surface area contributed by atoms with Gasteiger partial charge in [0, 0.05) is 45.8 Å². The van der Waals surface area contributed by atoms with Gasteiger partial charge in [-0.05, 0) is 69.1 Å². The number of carbonyl (C=O) groups excluding carboxylic acids is 1. The van der Waals surface area contributed by atoms with Crippen molar-refractivity contribution in [3.63, 3.8) is 0 Å². The van der Waals surface area contributed by atoms with E-state index in [9.17, 15) is 25.2 Å². The molecule has 5 fully saturated rings. The lowest BCUT2D eigenvalue weighted by molar-refractivity contribution is -0.377. The van der Waals surface area contributed by atoms with Gasteiger partial charge in [0.1, 0.15) is 48.1 Å². The molecule has 11 unspecified atom stereocenters. The number of methoxy groups -OCH3 is 2. The van der Waals surface area contributed by atoms with Gasteiger partial charge in [-0.2, -0.15) is 0 Å². The predicted molar refractivity (Wildman–Crippen MR) is 229 cm³/mol. The second-order valence-corrected chi connectivity index (χ2v) is 19.4. The predicted octanol–water partition coefficient (Wildman–Crippen LogP) is 4.57. The third-order valence-electron chi connectivity index (χ3n) is 15.1.